The van der Waals surface area contributed by atoms with Gasteiger partial charge in [0.2, 0.25) is 11.9 Å². The molecule has 2 aromatic rings. The van der Waals surface area contributed by atoms with Crippen molar-refractivity contribution in [3.05, 3.63) is 35.5 Å². The molecule has 1 atom stereocenters. The van der Waals surface area contributed by atoms with Crippen LogP contribution >= 0.6 is 0 Å². The zero-order chi connectivity index (χ0) is 19.4. The summed E-state index contributed by atoms with van der Waals surface area (Å²) in [6.45, 7) is 7.30. The lowest BCUT2D eigenvalue weighted by Gasteiger charge is -2.19. The molecule has 1 aliphatic rings. The quantitative estimate of drug-likeness (QED) is 0.679. The molecule has 1 aromatic carbocycles. The third kappa shape index (κ3) is 4.87. The zero-order valence-corrected chi connectivity index (χ0v) is 16.2. The third-order valence-corrected chi connectivity index (χ3v) is 4.73. The minimum atomic E-state index is 0.00975. The Balaban J connectivity index is 1.82. The molecule has 1 aliphatic heterocycles. The highest BCUT2D eigenvalue weighted by Gasteiger charge is 2.24. The minimum Gasteiger partial charge on any atom is -0.398 e. The SMILES string of the molecule is CCCc1cc(N2CCC(NC(C)=O)C2)nc(Nc2ccc(C)c(N)c2)n1. The first kappa shape index (κ1) is 18.9. The first-order valence-electron chi connectivity index (χ1n) is 9.47. The second kappa shape index (κ2) is 8.24. The smallest absolute Gasteiger partial charge is 0.229 e. The van der Waals surface area contributed by atoms with Crippen LogP contribution in [0.15, 0.2) is 24.3 Å². The number of aryl methyl sites for hydroxylation is 2. The lowest BCUT2D eigenvalue weighted by atomic mass is 10.2. The lowest BCUT2D eigenvalue weighted by Crippen LogP contribution is -2.35. The second-order valence-electron chi connectivity index (χ2n) is 7.12. The van der Waals surface area contributed by atoms with E-state index in [0.717, 1.165) is 60.8 Å². The van der Waals surface area contributed by atoms with Gasteiger partial charge in [0.1, 0.15) is 5.82 Å². The van der Waals surface area contributed by atoms with Gasteiger partial charge < -0.3 is 21.3 Å². The zero-order valence-electron chi connectivity index (χ0n) is 16.2. The summed E-state index contributed by atoms with van der Waals surface area (Å²) < 4.78 is 0. The Morgan fingerprint density at radius 2 is 2.15 bits per heavy atom. The van der Waals surface area contributed by atoms with Crippen LogP contribution in [0.4, 0.5) is 23.1 Å². The van der Waals surface area contributed by atoms with Crippen molar-refractivity contribution >= 4 is 29.0 Å². The van der Waals surface area contributed by atoms with Crippen LogP contribution in [0, 0.1) is 6.92 Å². The van der Waals surface area contributed by atoms with Gasteiger partial charge in [0.25, 0.3) is 0 Å². The molecule has 4 N–H and O–H groups in total. The number of hydrogen-bond donors (Lipinski definition) is 3. The van der Waals surface area contributed by atoms with Crippen molar-refractivity contribution < 1.29 is 4.79 Å². The van der Waals surface area contributed by atoms with Crippen molar-refractivity contribution in [2.24, 2.45) is 0 Å². The summed E-state index contributed by atoms with van der Waals surface area (Å²) in [5.74, 6) is 1.47. The summed E-state index contributed by atoms with van der Waals surface area (Å²) in [5, 5.41) is 6.27. The molecular formula is C20H28N6O. The summed E-state index contributed by atoms with van der Waals surface area (Å²) >= 11 is 0. The van der Waals surface area contributed by atoms with E-state index in [0.29, 0.717) is 5.95 Å². The molecule has 0 bridgehead atoms. The Morgan fingerprint density at radius 1 is 1.33 bits per heavy atom. The largest absolute Gasteiger partial charge is 0.398 e. The molecule has 0 spiro atoms. The number of nitrogens with zero attached hydrogens (tertiary/aromatic N) is 3. The van der Waals surface area contributed by atoms with Gasteiger partial charge in [0.05, 0.1) is 0 Å². The van der Waals surface area contributed by atoms with E-state index in [1.54, 1.807) is 6.92 Å². The summed E-state index contributed by atoms with van der Waals surface area (Å²) in [6.07, 6.45) is 2.83. The highest BCUT2D eigenvalue weighted by Crippen LogP contribution is 2.24. The molecule has 1 fully saturated rings. The molecule has 0 saturated carbocycles. The topological polar surface area (TPSA) is 96.2 Å². The van der Waals surface area contributed by atoms with Gasteiger partial charge in [-0.1, -0.05) is 19.4 Å². The van der Waals surface area contributed by atoms with E-state index in [1.807, 2.05) is 31.2 Å². The summed E-state index contributed by atoms with van der Waals surface area (Å²) in [5.41, 5.74) is 9.67. The monoisotopic (exact) mass is 368 g/mol. The number of carbonyl (C=O) groups excluding carboxylic acids is 1. The molecule has 2 heterocycles. The number of amides is 1. The fourth-order valence-corrected chi connectivity index (χ4v) is 3.31. The van der Waals surface area contributed by atoms with Crippen molar-refractivity contribution in [1.29, 1.82) is 0 Å². The van der Waals surface area contributed by atoms with Crippen LogP contribution in [0.25, 0.3) is 0 Å². The maximum absolute atomic E-state index is 11.3. The van der Waals surface area contributed by atoms with Crippen molar-refractivity contribution in [2.45, 2.75) is 46.1 Å². The van der Waals surface area contributed by atoms with Crippen LogP contribution in [0.2, 0.25) is 0 Å². The number of nitrogen functional groups attached to an aromatic ring is 1. The molecule has 1 saturated heterocycles. The van der Waals surface area contributed by atoms with Crippen molar-refractivity contribution in [2.75, 3.05) is 29.0 Å². The highest BCUT2D eigenvalue weighted by atomic mass is 16.1. The number of aromatic nitrogens is 2. The Labute approximate surface area is 160 Å². The number of benzene rings is 1. The molecular weight excluding hydrogens is 340 g/mol. The predicted octanol–water partition coefficient (Wildman–Crippen LogP) is 2.78. The normalized spacial score (nSPS) is 16.4. The van der Waals surface area contributed by atoms with Crippen molar-refractivity contribution in [1.82, 2.24) is 15.3 Å². The molecule has 7 nitrogen and oxygen atoms in total. The predicted molar refractivity (Wildman–Crippen MR) is 109 cm³/mol. The lowest BCUT2D eigenvalue weighted by molar-refractivity contribution is -0.119. The number of nitrogens with two attached hydrogens (primary N) is 1. The van der Waals surface area contributed by atoms with Crippen LogP contribution in [0.1, 0.15) is 37.9 Å². The Hall–Kier alpha value is -2.83. The van der Waals surface area contributed by atoms with Gasteiger partial charge in [0, 0.05) is 49.2 Å². The Kier molecular flexibility index (Phi) is 5.78. The van der Waals surface area contributed by atoms with E-state index in [9.17, 15) is 4.79 Å². The van der Waals surface area contributed by atoms with E-state index < -0.39 is 0 Å². The van der Waals surface area contributed by atoms with Gasteiger partial charge in [-0.25, -0.2) is 4.98 Å². The van der Waals surface area contributed by atoms with E-state index in [2.05, 4.69) is 27.4 Å². The van der Waals surface area contributed by atoms with Crippen molar-refractivity contribution in [3.63, 3.8) is 0 Å². The second-order valence-corrected chi connectivity index (χ2v) is 7.12. The fraction of sp³-hybridized carbons (Fsp3) is 0.450. The molecule has 1 amide bonds. The van der Waals surface area contributed by atoms with Gasteiger partial charge >= 0.3 is 0 Å². The Morgan fingerprint density at radius 3 is 2.85 bits per heavy atom. The third-order valence-electron chi connectivity index (χ3n) is 4.73. The van der Waals surface area contributed by atoms with Crippen LogP contribution < -0.4 is 21.3 Å². The molecule has 27 heavy (non-hydrogen) atoms. The van der Waals surface area contributed by atoms with Crippen LogP contribution in [-0.2, 0) is 11.2 Å². The molecule has 3 rings (SSSR count). The summed E-state index contributed by atoms with van der Waals surface area (Å²) in [4.78, 5) is 22.9. The molecule has 0 aliphatic carbocycles. The van der Waals surface area contributed by atoms with E-state index in [1.165, 1.54) is 0 Å². The molecule has 7 heteroatoms. The van der Waals surface area contributed by atoms with Gasteiger partial charge in [-0.3, -0.25) is 4.79 Å². The minimum absolute atomic E-state index is 0.00975. The average molecular weight is 368 g/mol. The van der Waals surface area contributed by atoms with Gasteiger partial charge in [-0.2, -0.15) is 4.98 Å². The van der Waals surface area contributed by atoms with E-state index in [4.69, 9.17) is 10.7 Å². The molecule has 144 valence electrons. The number of rotatable bonds is 6. The maximum atomic E-state index is 11.3. The first-order valence-corrected chi connectivity index (χ1v) is 9.47. The number of carbonyl (C=O) groups is 1. The molecule has 0 radical (unpaired) electrons. The van der Waals surface area contributed by atoms with Crippen molar-refractivity contribution in [3.8, 4) is 0 Å². The average Bonchev–Trinajstić information content (AvgIpc) is 3.06. The summed E-state index contributed by atoms with van der Waals surface area (Å²) in [6, 6.07) is 8.07. The van der Waals surface area contributed by atoms with E-state index >= 15 is 0 Å². The number of anilines is 4. The van der Waals surface area contributed by atoms with Gasteiger partial charge in [0.15, 0.2) is 0 Å². The summed E-state index contributed by atoms with van der Waals surface area (Å²) in [7, 11) is 0. The highest BCUT2D eigenvalue weighted by molar-refractivity contribution is 5.73. The first-order chi connectivity index (χ1) is 12.9. The maximum Gasteiger partial charge on any atom is 0.229 e. The van der Waals surface area contributed by atoms with Crippen LogP contribution in [0.5, 0.6) is 0 Å². The van der Waals surface area contributed by atoms with Crippen LogP contribution in [-0.4, -0.2) is 35.0 Å². The van der Waals surface area contributed by atoms with Gasteiger partial charge in [-0.05, 0) is 37.5 Å². The number of nitrogens with one attached hydrogen (secondary N) is 2. The Bertz CT molecular complexity index is 822. The van der Waals surface area contributed by atoms with Gasteiger partial charge in [-0.15, -0.1) is 0 Å². The fourth-order valence-electron chi connectivity index (χ4n) is 3.31. The van der Waals surface area contributed by atoms with E-state index in [-0.39, 0.29) is 11.9 Å². The molecule has 1 aromatic heterocycles. The number of hydrogen-bond acceptors (Lipinski definition) is 6. The standard InChI is InChI=1S/C20H28N6O/c1-4-5-15-11-19(26-9-8-17(12-26)22-14(3)27)25-20(23-15)24-16-7-6-13(2)18(21)10-16/h6-7,10-11,17H,4-5,8-9,12,21H2,1-3H3,(H,22,27)(H,23,24,25). The molecule has 1 unspecified atom stereocenters. The van der Waals surface area contributed by atoms with Crippen LogP contribution in [0.3, 0.4) is 0 Å².